The van der Waals surface area contributed by atoms with Crippen molar-refractivity contribution in [3.05, 3.63) is 26.6 Å². The summed E-state index contributed by atoms with van der Waals surface area (Å²) in [4.78, 5) is 0. The first kappa shape index (κ1) is 12.7. The molecule has 0 N–H and O–H groups in total. The summed E-state index contributed by atoms with van der Waals surface area (Å²) >= 11 is 5.25. The summed E-state index contributed by atoms with van der Waals surface area (Å²) < 4.78 is 63.9. The van der Waals surface area contributed by atoms with Gasteiger partial charge in [0.25, 0.3) is 0 Å². The number of hydrogen-bond acceptors (Lipinski definition) is 1. The van der Waals surface area contributed by atoms with Crippen LogP contribution in [0.15, 0.2) is 15.0 Å². The third-order valence-electron chi connectivity index (χ3n) is 1.29. The SMILES string of the molecule is Fc1c(Br)cc(Br)c(OC(F)(F)F)c1F. The minimum Gasteiger partial charge on any atom is -0.401 e. The second kappa shape index (κ2) is 4.25. The van der Waals surface area contributed by atoms with Gasteiger partial charge in [-0.1, -0.05) is 0 Å². The molecule has 0 radical (unpaired) electrons. The summed E-state index contributed by atoms with van der Waals surface area (Å²) in [6.07, 6.45) is -5.08. The van der Waals surface area contributed by atoms with Gasteiger partial charge in [-0.2, -0.15) is 4.39 Å². The van der Waals surface area contributed by atoms with Crippen LogP contribution in [0.5, 0.6) is 5.75 Å². The largest absolute Gasteiger partial charge is 0.573 e. The van der Waals surface area contributed by atoms with Crippen LogP contribution in [0.3, 0.4) is 0 Å². The van der Waals surface area contributed by atoms with Crippen molar-refractivity contribution >= 4 is 31.9 Å². The summed E-state index contributed by atoms with van der Waals surface area (Å²) in [6, 6.07) is 0.916. The maximum absolute atomic E-state index is 13.0. The fraction of sp³-hybridized carbons (Fsp3) is 0.143. The average molecular weight is 356 g/mol. The number of benzene rings is 1. The lowest BCUT2D eigenvalue weighted by Gasteiger charge is -2.12. The molecule has 0 amide bonds. The maximum atomic E-state index is 13.0. The maximum Gasteiger partial charge on any atom is 0.573 e. The van der Waals surface area contributed by atoms with Crippen molar-refractivity contribution in [2.45, 2.75) is 6.36 Å². The smallest absolute Gasteiger partial charge is 0.401 e. The second-order valence-corrected chi connectivity index (χ2v) is 4.05. The molecule has 0 aliphatic heterocycles. The van der Waals surface area contributed by atoms with Crippen LogP contribution >= 0.6 is 31.9 Å². The van der Waals surface area contributed by atoms with Gasteiger partial charge in [0.1, 0.15) is 0 Å². The molecular formula is C7HBr2F5O. The van der Waals surface area contributed by atoms with E-state index in [0.717, 1.165) is 6.07 Å². The molecule has 0 saturated carbocycles. The Morgan fingerprint density at radius 1 is 1.00 bits per heavy atom. The van der Waals surface area contributed by atoms with Gasteiger partial charge in [-0.05, 0) is 37.9 Å². The molecule has 0 atom stereocenters. The molecule has 84 valence electrons. The van der Waals surface area contributed by atoms with Crippen LogP contribution in [0, 0.1) is 11.6 Å². The Hall–Kier alpha value is -0.370. The predicted octanol–water partition coefficient (Wildman–Crippen LogP) is 4.39. The zero-order chi connectivity index (χ0) is 11.8. The quantitative estimate of drug-likeness (QED) is 0.412. The van der Waals surface area contributed by atoms with Crippen molar-refractivity contribution in [2.24, 2.45) is 0 Å². The van der Waals surface area contributed by atoms with Gasteiger partial charge in [-0.15, -0.1) is 13.2 Å². The van der Waals surface area contributed by atoms with Crippen molar-refractivity contribution < 1.29 is 26.7 Å². The first-order valence-corrected chi connectivity index (χ1v) is 4.89. The summed E-state index contributed by atoms with van der Waals surface area (Å²) in [5.74, 6) is -4.39. The van der Waals surface area contributed by atoms with E-state index in [2.05, 4.69) is 36.6 Å². The van der Waals surface area contributed by atoms with Crippen molar-refractivity contribution in [1.29, 1.82) is 0 Å². The van der Waals surface area contributed by atoms with Crippen molar-refractivity contribution in [1.82, 2.24) is 0 Å². The first-order chi connectivity index (χ1) is 6.72. The lowest BCUT2D eigenvalue weighted by molar-refractivity contribution is -0.276. The van der Waals surface area contributed by atoms with Crippen molar-refractivity contribution in [2.75, 3.05) is 0 Å². The van der Waals surface area contributed by atoms with Gasteiger partial charge in [-0.3, -0.25) is 0 Å². The highest BCUT2D eigenvalue weighted by molar-refractivity contribution is 9.11. The van der Waals surface area contributed by atoms with Gasteiger partial charge < -0.3 is 4.74 Å². The molecule has 0 bridgehead atoms. The Labute approximate surface area is 97.5 Å². The number of alkyl halides is 3. The highest BCUT2D eigenvalue weighted by Crippen LogP contribution is 2.37. The number of hydrogen-bond donors (Lipinski definition) is 0. The van der Waals surface area contributed by atoms with Crippen LogP contribution in [0.4, 0.5) is 22.0 Å². The Morgan fingerprint density at radius 2 is 1.53 bits per heavy atom. The molecule has 0 saturated heterocycles. The topological polar surface area (TPSA) is 9.23 Å². The summed E-state index contributed by atoms with van der Waals surface area (Å²) in [6.45, 7) is 0. The van der Waals surface area contributed by atoms with E-state index >= 15 is 0 Å². The van der Waals surface area contributed by atoms with Crippen LogP contribution < -0.4 is 4.74 Å². The summed E-state index contributed by atoms with van der Waals surface area (Å²) in [7, 11) is 0. The van der Waals surface area contributed by atoms with E-state index in [-0.39, 0.29) is 8.95 Å². The molecule has 0 aromatic heterocycles. The number of halogens is 7. The lowest BCUT2D eigenvalue weighted by Crippen LogP contribution is -2.18. The molecule has 0 aliphatic carbocycles. The molecular weight excluding hydrogens is 355 g/mol. The summed E-state index contributed by atoms with van der Waals surface area (Å²) in [5.41, 5.74) is 0. The predicted molar refractivity (Wildman–Crippen MR) is 48.4 cm³/mol. The van der Waals surface area contributed by atoms with E-state index < -0.39 is 23.7 Å². The fourth-order valence-electron chi connectivity index (χ4n) is 0.759. The molecule has 0 heterocycles. The minimum atomic E-state index is -5.08. The molecule has 0 spiro atoms. The molecule has 1 nitrogen and oxygen atoms in total. The highest BCUT2D eigenvalue weighted by atomic mass is 79.9. The third-order valence-corrected chi connectivity index (χ3v) is 2.46. The standard InChI is InChI=1S/C7HBr2F5O/c8-2-1-3(9)6(5(11)4(2)10)15-7(12,13)14/h1H. The van der Waals surface area contributed by atoms with Crippen molar-refractivity contribution in [3.8, 4) is 5.75 Å². The van der Waals surface area contributed by atoms with E-state index in [4.69, 9.17) is 0 Å². The van der Waals surface area contributed by atoms with E-state index in [1.165, 1.54) is 0 Å². The molecule has 1 aromatic carbocycles. The average Bonchev–Trinajstić information content (AvgIpc) is 2.07. The number of ether oxygens (including phenoxy) is 1. The van der Waals surface area contributed by atoms with Crippen LogP contribution in [0.2, 0.25) is 0 Å². The van der Waals surface area contributed by atoms with Crippen molar-refractivity contribution in [3.63, 3.8) is 0 Å². The Morgan fingerprint density at radius 3 is 2.00 bits per heavy atom. The molecule has 1 rings (SSSR count). The van der Waals surface area contributed by atoms with E-state index in [1.807, 2.05) is 0 Å². The van der Waals surface area contributed by atoms with Crippen LogP contribution in [-0.2, 0) is 0 Å². The monoisotopic (exact) mass is 354 g/mol. The highest BCUT2D eigenvalue weighted by Gasteiger charge is 2.34. The van der Waals surface area contributed by atoms with Crippen LogP contribution in [0.25, 0.3) is 0 Å². The van der Waals surface area contributed by atoms with Gasteiger partial charge in [0.2, 0.25) is 5.82 Å². The lowest BCUT2D eigenvalue weighted by atomic mass is 10.3. The Kier molecular flexibility index (Phi) is 3.59. The molecule has 0 unspecified atom stereocenters. The zero-order valence-corrected chi connectivity index (χ0v) is 9.80. The molecule has 1 aromatic rings. The molecule has 15 heavy (non-hydrogen) atoms. The fourth-order valence-corrected chi connectivity index (χ4v) is 1.95. The summed E-state index contributed by atoms with van der Waals surface area (Å²) in [5, 5.41) is 0. The van der Waals surface area contributed by atoms with Gasteiger partial charge >= 0.3 is 6.36 Å². The van der Waals surface area contributed by atoms with E-state index in [9.17, 15) is 22.0 Å². The van der Waals surface area contributed by atoms with Gasteiger partial charge in [0.15, 0.2) is 11.6 Å². The second-order valence-electron chi connectivity index (χ2n) is 2.35. The zero-order valence-electron chi connectivity index (χ0n) is 6.63. The molecule has 0 fully saturated rings. The minimum absolute atomic E-state index is 0.304. The number of rotatable bonds is 1. The Bertz CT molecular complexity index is 390. The van der Waals surface area contributed by atoms with E-state index in [1.54, 1.807) is 0 Å². The molecule has 0 aliphatic rings. The van der Waals surface area contributed by atoms with E-state index in [0.29, 0.717) is 0 Å². The third kappa shape index (κ3) is 3.04. The Balaban J connectivity index is 3.24. The van der Waals surface area contributed by atoms with Gasteiger partial charge in [-0.25, -0.2) is 4.39 Å². The van der Waals surface area contributed by atoms with Gasteiger partial charge in [0.05, 0.1) is 8.95 Å². The van der Waals surface area contributed by atoms with Crippen LogP contribution in [0.1, 0.15) is 0 Å². The normalized spacial score (nSPS) is 11.7. The first-order valence-electron chi connectivity index (χ1n) is 3.31. The van der Waals surface area contributed by atoms with Crippen LogP contribution in [-0.4, -0.2) is 6.36 Å². The van der Waals surface area contributed by atoms with Gasteiger partial charge in [0, 0.05) is 0 Å². The molecule has 8 heteroatoms.